The van der Waals surface area contributed by atoms with Crippen LogP contribution in [0.25, 0.3) is 22.4 Å². The zero-order valence-corrected chi connectivity index (χ0v) is 14.1. The highest BCUT2D eigenvalue weighted by Gasteiger charge is 2.12. The third-order valence-electron chi connectivity index (χ3n) is 3.56. The molecular formula is C19H15N3O2S. The van der Waals surface area contributed by atoms with Crippen LogP contribution in [0.15, 0.2) is 85.7 Å². The molecule has 0 fully saturated rings. The first-order valence-electron chi connectivity index (χ1n) is 7.74. The number of furan rings is 2. The summed E-state index contributed by atoms with van der Waals surface area (Å²) in [5.41, 5.74) is 1.68. The van der Waals surface area contributed by atoms with Gasteiger partial charge in [0.25, 0.3) is 0 Å². The normalized spacial score (nSPS) is 12.4. The first-order valence-corrected chi connectivity index (χ1v) is 8.62. The standard InChI is InChI=1S/C19H15N3O2S/c1-2-9-20-19-22(21-12-15-7-5-10-23-15)16(13-25-19)18-11-14-6-3-4-8-17(14)24-18/h2-8,10-13H,1,9H2. The van der Waals surface area contributed by atoms with Crippen molar-refractivity contribution in [3.63, 3.8) is 0 Å². The lowest BCUT2D eigenvalue weighted by atomic mass is 10.2. The molecule has 0 aliphatic rings. The second kappa shape index (κ2) is 6.78. The average molecular weight is 349 g/mol. The van der Waals surface area contributed by atoms with Crippen molar-refractivity contribution in [1.82, 2.24) is 4.68 Å². The molecule has 124 valence electrons. The molecule has 0 aliphatic heterocycles. The quantitative estimate of drug-likeness (QED) is 0.393. The van der Waals surface area contributed by atoms with Crippen LogP contribution in [0.5, 0.6) is 0 Å². The fourth-order valence-corrected chi connectivity index (χ4v) is 3.25. The summed E-state index contributed by atoms with van der Waals surface area (Å²) in [5.74, 6) is 1.41. The van der Waals surface area contributed by atoms with Gasteiger partial charge in [0.2, 0.25) is 4.80 Å². The van der Waals surface area contributed by atoms with Gasteiger partial charge in [-0.2, -0.15) is 5.10 Å². The third-order valence-corrected chi connectivity index (χ3v) is 4.42. The second-order valence-electron chi connectivity index (χ2n) is 5.25. The van der Waals surface area contributed by atoms with Crippen LogP contribution in [0.1, 0.15) is 5.76 Å². The second-order valence-corrected chi connectivity index (χ2v) is 6.09. The molecule has 4 rings (SSSR count). The molecule has 3 aromatic heterocycles. The van der Waals surface area contributed by atoms with Gasteiger partial charge in [0.15, 0.2) is 5.76 Å². The Morgan fingerprint density at radius 1 is 1.20 bits per heavy atom. The molecule has 0 N–H and O–H groups in total. The maximum Gasteiger partial charge on any atom is 0.206 e. The molecule has 4 aromatic rings. The molecule has 0 saturated heterocycles. The predicted octanol–water partition coefficient (Wildman–Crippen LogP) is 4.52. The van der Waals surface area contributed by atoms with Gasteiger partial charge in [-0.15, -0.1) is 17.9 Å². The van der Waals surface area contributed by atoms with Crippen LogP contribution in [0.4, 0.5) is 0 Å². The van der Waals surface area contributed by atoms with Crippen molar-refractivity contribution in [2.24, 2.45) is 10.1 Å². The Hall–Kier alpha value is -3.12. The third kappa shape index (κ3) is 3.12. The molecule has 0 unspecified atom stereocenters. The Bertz CT molecular complexity index is 1060. The molecule has 25 heavy (non-hydrogen) atoms. The molecule has 3 heterocycles. The van der Waals surface area contributed by atoms with E-state index >= 15 is 0 Å². The Kier molecular flexibility index (Phi) is 4.18. The highest BCUT2D eigenvalue weighted by molar-refractivity contribution is 7.07. The zero-order chi connectivity index (χ0) is 17.1. The smallest absolute Gasteiger partial charge is 0.206 e. The minimum absolute atomic E-state index is 0.524. The summed E-state index contributed by atoms with van der Waals surface area (Å²) in [6.45, 7) is 4.24. The fraction of sp³-hybridized carbons (Fsp3) is 0.0526. The van der Waals surface area contributed by atoms with Crippen LogP contribution in [-0.2, 0) is 0 Å². The minimum atomic E-state index is 0.524. The van der Waals surface area contributed by atoms with Crippen LogP contribution in [0, 0.1) is 0 Å². The predicted molar refractivity (Wildman–Crippen MR) is 99.8 cm³/mol. The Labute approximate surface area is 147 Å². The van der Waals surface area contributed by atoms with Gasteiger partial charge in [0.05, 0.1) is 19.0 Å². The highest BCUT2D eigenvalue weighted by atomic mass is 32.1. The molecule has 0 bridgehead atoms. The van der Waals surface area contributed by atoms with E-state index in [2.05, 4.69) is 16.7 Å². The summed E-state index contributed by atoms with van der Waals surface area (Å²) in [6, 6.07) is 13.6. The van der Waals surface area contributed by atoms with E-state index in [-0.39, 0.29) is 0 Å². The van der Waals surface area contributed by atoms with Gasteiger partial charge in [0, 0.05) is 10.8 Å². The molecule has 6 heteroatoms. The molecule has 5 nitrogen and oxygen atoms in total. The number of hydrogen-bond acceptors (Lipinski definition) is 5. The summed E-state index contributed by atoms with van der Waals surface area (Å²) in [4.78, 5) is 5.26. The van der Waals surface area contributed by atoms with E-state index in [1.807, 2.05) is 47.8 Å². The Balaban J connectivity index is 1.84. The number of para-hydroxylation sites is 1. The molecule has 1 aromatic carbocycles. The Morgan fingerprint density at radius 2 is 2.12 bits per heavy atom. The number of hydrogen-bond donors (Lipinski definition) is 0. The van der Waals surface area contributed by atoms with E-state index in [1.165, 1.54) is 11.3 Å². The van der Waals surface area contributed by atoms with E-state index < -0.39 is 0 Å². The lowest BCUT2D eigenvalue weighted by Crippen LogP contribution is -2.12. The maximum absolute atomic E-state index is 5.98. The van der Waals surface area contributed by atoms with Gasteiger partial charge in [-0.3, -0.25) is 4.99 Å². The van der Waals surface area contributed by atoms with Crippen molar-refractivity contribution in [3.05, 3.63) is 77.3 Å². The first-order chi connectivity index (χ1) is 12.3. The Morgan fingerprint density at radius 3 is 2.92 bits per heavy atom. The van der Waals surface area contributed by atoms with Gasteiger partial charge in [-0.1, -0.05) is 24.3 Å². The van der Waals surface area contributed by atoms with E-state index in [4.69, 9.17) is 8.83 Å². The van der Waals surface area contributed by atoms with Gasteiger partial charge in [-0.25, -0.2) is 4.68 Å². The van der Waals surface area contributed by atoms with Crippen molar-refractivity contribution >= 4 is 28.5 Å². The van der Waals surface area contributed by atoms with Crippen LogP contribution >= 0.6 is 11.3 Å². The number of fused-ring (bicyclic) bond motifs is 1. The van der Waals surface area contributed by atoms with E-state index in [0.29, 0.717) is 12.3 Å². The topological polar surface area (TPSA) is 55.9 Å². The summed E-state index contributed by atoms with van der Waals surface area (Å²) in [7, 11) is 0. The van der Waals surface area contributed by atoms with Gasteiger partial charge >= 0.3 is 0 Å². The van der Waals surface area contributed by atoms with E-state index in [1.54, 1.807) is 23.2 Å². The number of thiazole rings is 1. The molecule has 0 aliphatic carbocycles. The number of nitrogens with zero attached hydrogens (tertiary/aromatic N) is 3. The monoisotopic (exact) mass is 349 g/mol. The largest absolute Gasteiger partial charge is 0.463 e. The van der Waals surface area contributed by atoms with Crippen molar-refractivity contribution in [1.29, 1.82) is 0 Å². The number of aromatic nitrogens is 1. The van der Waals surface area contributed by atoms with Crippen LogP contribution < -0.4 is 4.80 Å². The average Bonchev–Trinajstić information content (AvgIpc) is 3.36. The molecule has 0 atom stereocenters. The summed E-state index contributed by atoms with van der Waals surface area (Å²) in [6.07, 6.45) is 5.02. The SMILES string of the molecule is C=CCN=c1scc(-c2cc3ccccc3o2)n1N=Cc1ccco1. The number of benzene rings is 1. The summed E-state index contributed by atoms with van der Waals surface area (Å²) in [5, 5.41) is 7.56. The summed E-state index contributed by atoms with van der Waals surface area (Å²) < 4.78 is 13.1. The van der Waals surface area contributed by atoms with Crippen molar-refractivity contribution in [3.8, 4) is 11.5 Å². The molecule has 0 amide bonds. The highest BCUT2D eigenvalue weighted by Crippen LogP contribution is 2.28. The summed E-state index contributed by atoms with van der Waals surface area (Å²) >= 11 is 1.50. The maximum atomic E-state index is 5.98. The van der Waals surface area contributed by atoms with Gasteiger partial charge < -0.3 is 8.83 Å². The molecular weight excluding hydrogens is 334 g/mol. The number of rotatable bonds is 5. The lowest BCUT2D eigenvalue weighted by Gasteiger charge is -1.99. The zero-order valence-electron chi connectivity index (χ0n) is 13.3. The minimum Gasteiger partial charge on any atom is -0.463 e. The van der Waals surface area contributed by atoms with E-state index in [9.17, 15) is 0 Å². The van der Waals surface area contributed by atoms with Gasteiger partial charge in [0.1, 0.15) is 17.0 Å². The van der Waals surface area contributed by atoms with Crippen LogP contribution in [0.3, 0.4) is 0 Å². The van der Waals surface area contributed by atoms with Gasteiger partial charge in [-0.05, 0) is 24.3 Å². The van der Waals surface area contributed by atoms with Crippen LogP contribution in [0.2, 0.25) is 0 Å². The molecule has 0 radical (unpaired) electrons. The van der Waals surface area contributed by atoms with Crippen LogP contribution in [-0.4, -0.2) is 17.4 Å². The van der Waals surface area contributed by atoms with Crippen molar-refractivity contribution in [2.45, 2.75) is 0 Å². The molecule has 0 saturated carbocycles. The lowest BCUT2D eigenvalue weighted by molar-refractivity contribution is 0.559. The van der Waals surface area contributed by atoms with Crippen molar-refractivity contribution in [2.75, 3.05) is 6.54 Å². The van der Waals surface area contributed by atoms with E-state index in [0.717, 1.165) is 27.2 Å². The van der Waals surface area contributed by atoms with Crippen molar-refractivity contribution < 1.29 is 8.83 Å². The molecule has 0 spiro atoms. The first kappa shape index (κ1) is 15.4. The fourth-order valence-electron chi connectivity index (χ4n) is 2.42.